The van der Waals surface area contributed by atoms with Crippen LogP contribution in [0.5, 0.6) is 11.8 Å². The minimum absolute atomic E-state index is 0.239. The molecule has 4 aromatic rings. The Labute approximate surface area is 182 Å². The summed E-state index contributed by atoms with van der Waals surface area (Å²) in [6.07, 6.45) is 3.17. The van der Waals surface area contributed by atoms with Crippen molar-refractivity contribution < 1.29 is 14.3 Å². The monoisotopic (exact) mass is 436 g/mol. The van der Waals surface area contributed by atoms with E-state index in [0.29, 0.717) is 16.3 Å². The molecule has 0 unspecified atom stereocenters. The number of benzene rings is 1. The van der Waals surface area contributed by atoms with Crippen LogP contribution in [0.4, 0.5) is 5.69 Å². The number of aryl methyl sites for hydroxylation is 2. The maximum Gasteiger partial charge on any atom is 0.321 e. The Morgan fingerprint density at radius 1 is 1.16 bits per heavy atom. The normalized spacial score (nSPS) is 11.8. The van der Waals surface area contributed by atoms with Crippen LogP contribution in [-0.4, -0.2) is 37.6 Å². The predicted molar refractivity (Wildman–Crippen MR) is 117 cm³/mol. The van der Waals surface area contributed by atoms with E-state index in [2.05, 4.69) is 25.7 Å². The maximum absolute atomic E-state index is 12.6. The van der Waals surface area contributed by atoms with Crippen LogP contribution in [0.25, 0.3) is 10.2 Å². The molecule has 4 rings (SSSR count). The third kappa shape index (κ3) is 4.53. The molecule has 31 heavy (non-hydrogen) atoms. The van der Waals surface area contributed by atoms with Gasteiger partial charge in [0.2, 0.25) is 5.91 Å². The van der Waals surface area contributed by atoms with Crippen molar-refractivity contribution in [1.82, 2.24) is 25.1 Å². The van der Waals surface area contributed by atoms with E-state index in [4.69, 9.17) is 4.74 Å². The first-order chi connectivity index (χ1) is 14.9. The number of hydrogen-bond acceptors (Lipinski definition) is 7. The summed E-state index contributed by atoms with van der Waals surface area (Å²) in [6.45, 7) is 3.54. The first-order valence-corrected chi connectivity index (χ1v) is 10.3. The Kier molecular flexibility index (Phi) is 5.63. The first kappa shape index (κ1) is 20.5. The van der Waals surface area contributed by atoms with E-state index in [9.17, 15) is 9.59 Å². The molecule has 2 amide bonds. The highest BCUT2D eigenvalue weighted by Crippen LogP contribution is 2.27. The summed E-state index contributed by atoms with van der Waals surface area (Å²) in [7, 11) is 1.84. The number of hydrogen-bond donors (Lipinski definition) is 2. The number of aromatic nitrogens is 4. The minimum Gasteiger partial charge on any atom is -0.424 e. The van der Waals surface area contributed by atoms with Crippen LogP contribution in [0, 0.1) is 6.92 Å². The van der Waals surface area contributed by atoms with Gasteiger partial charge in [0.15, 0.2) is 0 Å². The highest BCUT2D eigenvalue weighted by Gasteiger charge is 2.20. The van der Waals surface area contributed by atoms with E-state index in [1.165, 1.54) is 11.3 Å². The van der Waals surface area contributed by atoms with Crippen molar-refractivity contribution in [2.75, 3.05) is 5.32 Å². The van der Waals surface area contributed by atoms with Crippen molar-refractivity contribution >= 4 is 39.1 Å². The number of carbonyl (C=O) groups excluding carboxylic acids is 2. The van der Waals surface area contributed by atoms with Gasteiger partial charge in [-0.05, 0) is 50.2 Å². The number of carbonyl (C=O) groups is 2. The van der Waals surface area contributed by atoms with Crippen molar-refractivity contribution in [2.24, 2.45) is 7.05 Å². The third-order valence-corrected chi connectivity index (χ3v) is 5.73. The summed E-state index contributed by atoms with van der Waals surface area (Å²) in [5.74, 6) is -0.0812. The van der Waals surface area contributed by atoms with Crippen molar-refractivity contribution in [3.63, 3.8) is 0 Å². The largest absolute Gasteiger partial charge is 0.424 e. The average molecular weight is 436 g/mol. The maximum atomic E-state index is 12.6. The van der Waals surface area contributed by atoms with Crippen molar-refractivity contribution in [2.45, 2.75) is 19.9 Å². The molecular weight excluding hydrogens is 416 g/mol. The molecule has 10 heteroatoms. The smallest absolute Gasteiger partial charge is 0.321 e. The number of nitrogens with one attached hydrogen (secondary N) is 2. The Morgan fingerprint density at radius 2 is 1.87 bits per heavy atom. The van der Waals surface area contributed by atoms with Crippen LogP contribution in [-0.2, 0) is 11.8 Å². The number of amides is 2. The van der Waals surface area contributed by atoms with Gasteiger partial charge in [-0.3, -0.25) is 14.3 Å². The van der Waals surface area contributed by atoms with E-state index < -0.39 is 6.04 Å². The van der Waals surface area contributed by atoms with Crippen molar-refractivity contribution in [3.8, 4) is 11.8 Å². The topological polar surface area (TPSA) is 111 Å². The molecule has 0 radical (unpaired) electrons. The van der Waals surface area contributed by atoms with Gasteiger partial charge in [0.1, 0.15) is 16.6 Å². The van der Waals surface area contributed by atoms with Crippen LogP contribution >= 0.6 is 11.3 Å². The summed E-state index contributed by atoms with van der Waals surface area (Å²) in [5, 5.41) is 10.8. The Morgan fingerprint density at radius 3 is 2.55 bits per heavy atom. The Bertz CT molecular complexity index is 1200. The fourth-order valence-electron chi connectivity index (χ4n) is 2.95. The van der Waals surface area contributed by atoms with Gasteiger partial charge in [-0.1, -0.05) is 0 Å². The van der Waals surface area contributed by atoms with Gasteiger partial charge >= 0.3 is 6.01 Å². The zero-order chi connectivity index (χ0) is 22.0. The van der Waals surface area contributed by atoms with Gasteiger partial charge in [0.05, 0.1) is 10.6 Å². The molecule has 0 aliphatic rings. The van der Waals surface area contributed by atoms with Crippen LogP contribution in [0.15, 0.2) is 48.8 Å². The first-order valence-electron chi connectivity index (χ1n) is 9.50. The lowest BCUT2D eigenvalue weighted by molar-refractivity contribution is -0.117. The lowest BCUT2D eigenvalue weighted by Crippen LogP contribution is -2.41. The van der Waals surface area contributed by atoms with E-state index in [1.807, 2.05) is 14.0 Å². The van der Waals surface area contributed by atoms with E-state index in [1.54, 1.807) is 60.4 Å². The lowest BCUT2D eigenvalue weighted by atomic mass is 10.2. The molecule has 0 aliphatic heterocycles. The molecule has 1 atom stereocenters. The molecule has 158 valence electrons. The third-order valence-electron chi connectivity index (χ3n) is 4.53. The van der Waals surface area contributed by atoms with E-state index in [-0.39, 0.29) is 17.8 Å². The van der Waals surface area contributed by atoms with E-state index in [0.717, 1.165) is 15.9 Å². The molecule has 0 bridgehead atoms. The van der Waals surface area contributed by atoms with Crippen LogP contribution in [0.3, 0.4) is 0 Å². The SMILES string of the molecule is Cc1nn(C)c2sc(C(=O)N[C@@H](C)C(=O)Nc3ccc(Oc4ncccn4)cc3)cc12. The van der Waals surface area contributed by atoms with Crippen molar-refractivity contribution in [3.05, 3.63) is 59.4 Å². The van der Waals surface area contributed by atoms with Crippen LogP contribution in [0.1, 0.15) is 22.3 Å². The summed E-state index contributed by atoms with van der Waals surface area (Å²) in [5.41, 5.74) is 1.45. The molecule has 0 fully saturated rings. The molecule has 3 aromatic heterocycles. The summed E-state index contributed by atoms with van der Waals surface area (Å²) < 4.78 is 7.28. The van der Waals surface area contributed by atoms with E-state index >= 15 is 0 Å². The van der Waals surface area contributed by atoms with Crippen molar-refractivity contribution in [1.29, 1.82) is 0 Å². The average Bonchev–Trinajstić information content (AvgIpc) is 3.31. The number of fused-ring (bicyclic) bond motifs is 1. The minimum atomic E-state index is -0.717. The van der Waals surface area contributed by atoms with Crippen LogP contribution in [0.2, 0.25) is 0 Å². The molecule has 9 nitrogen and oxygen atoms in total. The highest BCUT2D eigenvalue weighted by molar-refractivity contribution is 7.20. The zero-order valence-corrected chi connectivity index (χ0v) is 17.9. The second-order valence-corrected chi connectivity index (χ2v) is 7.91. The second kappa shape index (κ2) is 8.52. The standard InChI is InChI=1S/C21H20N6O3S/c1-12-16-11-17(31-20(16)27(3)26-12)19(29)24-13(2)18(28)25-14-5-7-15(8-6-14)30-21-22-9-4-10-23-21/h4-11,13H,1-3H3,(H,24,29)(H,25,28)/t13-/m0/s1. The number of thiophene rings is 1. The van der Waals surface area contributed by atoms with Gasteiger partial charge in [0.25, 0.3) is 5.91 Å². The molecule has 1 aromatic carbocycles. The summed E-state index contributed by atoms with van der Waals surface area (Å²) in [6, 6.07) is 9.82. The van der Waals surface area contributed by atoms with Gasteiger partial charge in [0, 0.05) is 30.5 Å². The molecule has 0 spiro atoms. The lowest BCUT2D eigenvalue weighted by Gasteiger charge is -2.14. The second-order valence-electron chi connectivity index (χ2n) is 6.88. The van der Waals surface area contributed by atoms with Gasteiger partial charge in [-0.15, -0.1) is 11.3 Å². The molecule has 2 N–H and O–H groups in total. The molecule has 0 saturated heterocycles. The van der Waals surface area contributed by atoms with Gasteiger partial charge < -0.3 is 15.4 Å². The fraction of sp³-hybridized carbons (Fsp3) is 0.190. The number of rotatable bonds is 6. The molecule has 3 heterocycles. The predicted octanol–water partition coefficient (Wildman–Crippen LogP) is 3.28. The summed E-state index contributed by atoms with van der Waals surface area (Å²) in [4.78, 5) is 34.5. The molecule has 0 aliphatic carbocycles. The number of anilines is 1. The fourth-order valence-corrected chi connectivity index (χ4v) is 3.98. The van der Waals surface area contributed by atoms with Gasteiger partial charge in [-0.25, -0.2) is 9.97 Å². The number of nitrogens with zero attached hydrogens (tertiary/aromatic N) is 4. The Balaban J connectivity index is 1.35. The highest BCUT2D eigenvalue weighted by atomic mass is 32.1. The number of ether oxygens (including phenoxy) is 1. The Hall–Kier alpha value is -3.79. The quantitative estimate of drug-likeness (QED) is 0.480. The van der Waals surface area contributed by atoms with Crippen LogP contribution < -0.4 is 15.4 Å². The molecular formula is C21H20N6O3S. The van der Waals surface area contributed by atoms with Gasteiger partial charge in [-0.2, -0.15) is 5.10 Å². The zero-order valence-electron chi connectivity index (χ0n) is 17.1. The molecule has 0 saturated carbocycles. The summed E-state index contributed by atoms with van der Waals surface area (Å²) >= 11 is 1.35.